The van der Waals surface area contributed by atoms with Crippen molar-refractivity contribution in [3.05, 3.63) is 83.9 Å². The number of para-hydroxylation sites is 1. The summed E-state index contributed by atoms with van der Waals surface area (Å²) < 4.78 is 10.8. The molecule has 0 radical (unpaired) electrons. The van der Waals surface area contributed by atoms with Crippen molar-refractivity contribution in [1.82, 2.24) is 0 Å². The third-order valence-corrected chi connectivity index (χ3v) is 5.42. The van der Waals surface area contributed by atoms with Gasteiger partial charge in [0.05, 0.1) is 19.9 Å². The summed E-state index contributed by atoms with van der Waals surface area (Å²) in [6.07, 6.45) is 0. The lowest BCUT2D eigenvalue weighted by atomic mass is 9.98. The van der Waals surface area contributed by atoms with Crippen molar-refractivity contribution in [3.63, 3.8) is 0 Å². The van der Waals surface area contributed by atoms with Crippen LogP contribution in [0.3, 0.4) is 0 Å². The van der Waals surface area contributed by atoms with Crippen LogP contribution in [0.15, 0.2) is 72.8 Å². The minimum absolute atomic E-state index is 0.0976. The highest BCUT2D eigenvalue weighted by Crippen LogP contribution is 2.39. The Kier molecular flexibility index (Phi) is 5.62. The van der Waals surface area contributed by atoms with E-state index in [1.807, 2.05) is 61.5 Å². The quantitative estimate of drug-likeness (QED) is 0.627. The van der Waals surface area contributed by atoms with E-state index in [-0.39, 0.29) is 18.4 Å². The molecule has 1 aliphatic heterocycles. The third kappa shape index (κ3) is 3.84. The molecule has 1 fully saturated rings. The van der Waals surface area contributed by atoms with Gasteiger partial charge >= 0.3 is 0 Å². The molecule has 31 heavy (non-hydrogen) atoms. The number of benzene rings is 3. The minimum Gasteiger partial charge on any atom is -0.497 e. The predicted molar refractivity (Wildman–Crippen MR) is 120 cm³/mol. The van der Waals surface area contributed by atoms with Gasteiger partial charge in [-0.05, 0) is 36.8 Å². The SMILES string of the molecule is COc1ccc(OC)c(N2CC(=O)N(c3ccccc3)C(c3ccc(C)cc3)C2=O)c1. The summed E-state index contributed by atoms with van der Waals surface area (Å²) in [5, 5.41) is 0. The van der Waals surface area contributed by atoms with E-state index in [4.69, 9.17) is 9.47 Å². The summed E-state index contributed by atoms with van der Waals surface area (Å²) in [4.78, 5) is 30.3. The van der Waals surface area contributed by atoms with E-state index in [1.165, 1.54) is 12.0 Å². The molecule has 4 rings (SSSR count). The standard InChI is InChI=1S/C25H24N2O4/c1-17-9-11-18(12-10-17)24-25(29)26(21-15-20(30-2)13-14-22(21)31-3)16-23(28)27(24)19-7-5-4-6-8-19/h4-15,24H,16H2,1-3H3. The maximum Gasteiger partial charge on any atom is 0.255 e. The zero-order valence-electron chi connectivity index (χ0n) is 17.7. The van der Waals surface area contributed by atoms with E-state index in [2.05, 4.69) is 0 Å². The van der Waals surface area contributed by atoms with Crippen LogP contribution in [0.5, 0.6) is 11.5 Å². The van der Waals surface area contributed by atoms with E-state index < -0.39 is 6.04 Å². The van der Waals surface area contributed by atoms with Crippen LogP contribution in [0.1, 0.15) is 17.2 Å². The lowest BCUT2D eigenvalue weighted by molar-refractivity contribution is -0.128. The van der Waals surface area contributed by atoms with Gasteiger partial charge in [-0.15, -0.1) is 0 Å². The first kappa shape index (κ1) is 20.5. The number of methoxy groups -OCH3 is 2. The molecule has 1 heterocycles. The van der Waals surface area contributed by atoms with Crippen LogP contribution in [0, 0.1) is 6.92 Å². The molecular formula is C25H24N2O4. The zero-order chi connectivity index (χ0) is 22.0. The van der Waals surface area contributed by atoms with Gasteiger partial charge in [-0.3, -0.25) is 19.4 Å². The molecule has 1 atom stereocenters. The Balaban J connectivity index is 1.84. The van der Waals surface area contributed by atoms with Gasteiger partial charge in [-0.1, -0.05) is 48.0 Å². The summed E-state index contributed by atoms with van der Waals surface area (Å²) in [7, 11) is 3.09. The van der Waals surface area contributed by atoms with Crippen LogP contribution in [0.4, 0.5) is 11.4 Å². The van der Waals surface area contributed by atoms with Crippen LogP contribution in [0.25, 0.3) is 0 Å². The first-order chi connectivity index (χ1) is 15.0. The van der Waals surface area contributed by atoms with Crippen molar-refractivity contribution >= 4 is 23.2 Å². The van der Waals surface area contributed by atoms with Crippen molar-refractivity contribution in [1.29, 1.82) is 0 Å². The number of rotatable bonds is 5. The molecule has 0 N–H and O–H groups in total. The second-order valence-electron chi connectivity index (χ2n) is 7.37. The molecule has 1 aliphatic rings. The molecule has 6 nitrogen and oxygen atoms in total. The Hall–Kier alpha value is -3.80. The van der Waals surface area contributed by atoms with Crippen LogP contribution >= 0.6 is 0 Å². The molecule has 0 aliphatic carbocycles. The summed E-state index contributed by atoms with van der Waals surface area (Å²) in [5.74, 6) is 0.686. The van der Waals surface area contributed by atoms with Gasteiger partial charge in [0.1, 0.15) is 24.1 Å². The molecule has 6 heteroatoms. The Bertz CT molecular complexity index is 1100. The van der Waals surface area contributed by atoms with Gasteiger partial charge in [-0.25, -0.2) is 0 Å². The number of carbonyl (C=O) groups is 2. The number of aryl methyl sites for hydroxylation is 1. The minimum atomic E-state index is -0.792. The maximum atomic E-state index is 13.8. The van der Waals surface area contributed by atoms with Gasteiger partial charge in [0.2, 0.25) is 5.91 Å². The van der Waals surface area contributed by atoms with E-state index in [1.54, 1.807) is 30.2 Å². The highest BCUT2D eigenvalue weighted by molar-refractivity contribution is 6.15. The summed E-state index contributed by atoms with van der Waals surface area (Å²) in [6.45, 7) is 1.89. The highest BCUT2D eigenvalue weighted by atomic mass is 16.5. The fraction of sp³-hybridized carbons (Fsp3) is 0.200. The van der Waals surface area contributed by atoms with Crippen molar-refractivity contribution in [2.75, 3.05) is 30.6 Å². The van der Waals surface area contributed by atoms with Gasteiger partial charge in [0.15, 0.2) is 0 Å². The van der Waals surface area contributed by atoms with Crippen molar-refractivity contribution < 1.29 is 19.1 Å². The van der Waals surface area contributed by atoms with Gasteiger partial charge in [0.25, 0.3) is 5.91 Å². The van der Waals surface area contributed by atoms with Gasteiger partial charge < -0.3 is 9.47 Å². The molecule has 0 spiro atoms. The molecule has 0 saturated carbocycles. The van der Waals surface area contributed by atoms with Crippen LogP contribution < -0.4 is 19.3 Å². The first-order valence-electron chi connectivity index (χ1n) is 10.0. The van der Waals surface area contributed by atoms with E-state index in [0.29, 0.717) is 22.9 Å². The number of ether oxygens (including phenoxy) is 2. The van der Waals surface area contributed by atoms with Crippen molar-refractivity contribution in [3.8, 4) is 11.5 Å². The number of amides is 2. The van der Waals surface area contributed by atoms with E-state index in [0.717, 1.165) is 11.1 Å². The molecule has 1 unspecified atom stereocenters. The fourth-order valence-electron chi connectivity index (χ4n) is 3.83. The van der Waals surface area contributed by atoms with Crippen molar-refractivity contribution in [2.24, 2.45) is 0 Å². The lowest BCUT2D eigenvalue weighted by Gasteiger charge is -2.40. The van der Waals surface area contributed by atoms with Crippen molar-refractivity contribution in [2.45, 2.75) is 13.0 Å². The summed E-state index contributed by atoms with van der Waals surface area (Å²) in [5.41, 5.74) is 3.02. The first-order valence-corrected chi connectivity index (χ1v) is 10.0. The molecule has 3 aromatic carbocycles. The largest absolute Gasteiger partial charge is 0.497 e. The summed E-state index contributed by atoms with van der Waals surface area (Å²) in [6, 6.07) is 21.4. The molecule has 0 bridgehead atoms. The third-order valence-electron chi connectivity index (χ3n) is 5.42. The van der Waals surface area contributed by atoms with Crippen LogP contribution in [-0.2, 0) is 9.59 Å². The second-order valence-corrected chi connectivity index (χ2v) is 7.37. The number of hydrogen-bond donors (Lipinski definition) is 0. The van der Waals surface area contributed by atoms with E-state index >= 15 is 0 Å². The normalized spacial score (nSPS) is 16.4. The molecule has 0 aromatic heterocycles. The fourth-order valence-corrected chi connectivity index (χ4v) is 3.83. The predicted octanol–water partition coefficient (Wildman–Crippen LogP) is 4.13. The zero-order valence-corrected chi connectivity index (χ0v) is 17.7. The molecular weight excluding hydrogens is 392 g/mol. The molecule has 1 saturated heterocycles. The number of anilines is 2. The molecule has 3 aromatic rings. The van der Waals surface area contributed by atoms with Crippen LogP contribution in [-0.4, -0.2) is 32.6 Å². The topological polar surface area (TPSA) is 59.1 Å². The number of nitrogens with zero attached hydrogens (tertiary/aromatic N) is 2. The highest BCUT2D eigenvalue weighted by Gasteiger charge is 2.42. The second kappa shape index (κ2) is 8.52. The molecule has 158 valence electrons. The Labute approximate surface area is 181 Å². The monoisotopic (exact) mass is 416 g/mol. The number of piperazine rings is 1. The van der Waals surface area contributed by atoms with Gasteiger partial charge in [0, 0.05) is 11.8 Å². The lowest BCUT2D eigenvalue weighted by Crippen LogP contribution is -2.56. The average molecular weight is 416 g/mol. The smallest absolute Gasteiger partial charge is 0.255 e. The Morgan fingerprint density at radius 2 is 1.58 bits per heavy atom. The number of hydrogen-bond acceptors (Lipinski definition) is 4. The molecule has 2 amide bonds. The number of carbonyl (C=O) groups excluding carboxylic acids is 2. The summed E-state index contributed by atoms with van der Waals surface area (Å²) >= 11 is 0. The van der Waals surface area contributed by atoms with E-state index in [9.17, 15) is 9.59 Å². The Morgan fingerprint density at radius 1 is 0.871 bits per heavy atom. The Morgan fingerprint density at radius 3 is 2.23 bits per heavy atom. The van der Waals surface area contributed by atoms with Gasteiger partial charge in [-0.2, -0.15) is 0 Å². The average Bonchev–Trinajstić information content (AvgIpc) is 2.81. The van der Waals surface area contributed by atoms with Crippen LogP contribution in [0.2, 0.25) is 0 Å². The maximum absolute atomic E-state index is 13.8.